The third-order valence-corrected chi connectivity index (χ3v) is 3.96. The largest absolute Gasteiger partial charge is 0.477 e. The number of nitrogens with zero attached hydrogens (tertiary/aromatic N) is 1. The lowest BCUT2D eigenvalue weighted by atomic mass is 10.1. The topological polar surface area (TPSA) is 105 Å². The van der Waals surface area contributed by atoms with E-state index in [2.05, 4.69) is 10.3 Å². The maximum atomic E-state index is 11.8. The average molecular weight is 305 g/mol. The Morgan fingerprint density at radius 2 is 2.00 bits per heavy atom. The van der Waals surface area contributed by atoms with Gasteiger partial charge < -0.3 is 16.2 Å². The van der Waals surface area contributed by atoms with Gasteiger partial charge in [0.15, 0.2) is 0 Å². The summed E-state index contributed by atoms with van der Waals surface area (Å²) < 4.78 is 0. The van der Waals surface area contributed by atoms with Gasteiger partial charge in [-0.05, 0) is 24.6 Å². The number of aryl methyl sites for hydroxylation is 1. The monoisotopic (exact) mass is 305 g/mol. The Morgan fingerprint density at radius 3 is 2.57 bits per heavy atom. The zero-order valence-corrected chi connectivity index (χ0v) is 12.2. The van der Waals surface area contributed by atoms with E-state index in [9.17, 15) is 9.59 Å². The summed E-state index contributed by atoms with van der Waals surface area (Å²) in [5.74, 6) is -1.14. The van der Waals surface area contributed by atoms with Crippen molar-refractivity contribution in [1.82, 2.24) is 10.3 Å². The fourth-order valence-corrected chi connectivity index (χ4v) is 2.63. The fraction of sp³-hybridized carbons (Fsp3) is 0.214. The molecular weight excluding hydrogens is 290 g/mol. The summed E-state index contributed by atoms with van der Waals surface area (Å²) in [5, 5.41) is 12.3. The molecule has 0 aliphatic rings. The van der Waals surface area contributed by atoms with Gasteiger partial charge in [-0.3, -0.25) is 4.79 Å². The lowest BCUT2D eigenvalue weighted by Gasteiger charge is -2.03. The van der Waals surface area contributed by atoms with Crippen LogP contribution in [0.25, 0.3) is 0 Å². The van der Waals surface area contributed by atoms with E-state index in [-0.39, 0.29) is 23.7 Å². The standard InChI is InChI=1S/C14H15N3O3S/c1-8-13(14(19)20)21-12(17-8)7-16-11(18)6-9-2-4-10(15)5-3-9/h2-5H,6-7,15H2,1H3,(H,16,18)(H,19,20). The molecule has 21 heavy (non-hydrogen) atoms. The molecular formula is C14H15N3O3S. The molecule has 0 saturated carbocycles. The van der Waals surface area contributed by atoms with Crippen molar-refractivity contribution in [1.29, 1.82) is 0 Å². The molecule has 1 amide bonds. The second-order valence-corrected chi connectivity index (χ2v) is 5.61. The number of carbonyl (C=O) groups excluding carboxylic acids is 1. The number of carboxylic acid groups (broad SMARTS) is 1. The van der Waals surface area contributed by atoms with Gasteiger partial charge in [-0.15, -0.1) is 11.3 Å². The minimum atomic E-state index is -0.996. The van der Waals surface area contributed by atoms with Crippen molar-refractivity contribution in [2.45, 2.75) is 19.9 Å². The van der Waals surface area contributed by atoms with E-state index in [1.165, 1.54) is 0 Å². The zero-order valence-electron chi connectivity index (χ0n) is 11.4. The Balaban J connectivity index is 1.90. The summed E-state index contributed by atoms with van der Waals surface area (Å²) in [5.41, 5.74) is 7.56. The highest BCUT2D eigenvalue weighted by atomic mass is 32.1. The smallest absolute Gasteiger partial charge is 0.347 e. The second kappa shape index (κ2) is 6.36. The molecule has 1 aromatic carbocycles. The molecule has 7 heteroatoms. The van der Waals surface area contributed by atoms with Gasteiger partial charge in [-0.25, -0.2) is 9.78 Å². The van der Waals surface area contributed by atoms with E-state index < -0.39 is 5.97 Å². The molecule has 0 aliphatic carbocycles. The molecule has 0 unspecified atom stereocenters. The van der Waals surface area contributed by atoms with Gasteiger partial charge in [0.05, 0.1) is 18.7 Å². The molecule has 0 saturated heterocycles. The van der Waals surface area contributed by atoms with Crippen LogP contribution in [0.15, 0.2) is 24.3 Å². The summed E-state index contributed by atoms with van der Waals surface area (Å²) in [6.07, 6.45) is 0.246. The number of nitrogens with two attached hydrogens (primary N) is 1. The van der Waals surface area contributed by atoms with Crippen molar-refractivity contribution >= 4 is 28.9 Å². The maximum Gasteiger partial charge on any atom is 0.347 e. The predicted octanol–water partition coefficient (Wildman–Crippen LogP) is 1.59. The van der Waals surface area contributed by atoms with Gasteiger partial charge in [0.2, 0.25) is 5.91 Å². The number of nitrogen functional groups attached to an aromatic ring is 1. The highest BCUT2D eigenvalue weighted by Crippen LogP contribution is 2.17. The normalized spacial score (nSPS) is 10.3. The van der Waals surface area contributed by atoms with E-state index in [1.54, 1.807) is 31.2 Å². The highest BCUT2D eigenvalue weighted by molar-refractivity contribution is 7.13. The minimum absolute atomic E-state index is 0.149. The van der Waals surface area contributed by atoms with E-state index in [1.807, 2.05) is 0 Å². The van der Waals surface area contributed by atoms with Crippen molar-refractivity contribution in [2.75, 3.05) is 5.73 Å². The fourth-order valence-electron chi connectivity index (χ4n) is 1.78. The summed E-state index contributed by atoms with van der Waals surface area (Å²) in [4.78, 5) is 27.1. The van der Waals surface area contributed by atoms with Crippen LogP contribution in [0.1, 0.15) is 25.9 Å². The molecule has 110 valence electrons. The lowest BCUT2D eigenvalue weighted by molar-refractivity contribution is -0.120. The number of nitrogens with one attached hydrogen (secondary N) is 1. The third kappa shape index (κ3) is 4.03. The van der Waals surface area contributed by atoms with Crippen molar-refractivity contribution in [3.8, 4) is 0 Å². The Morgan fingerprint density at radius 1 is 1.33 bits per heavy atom. The third-order valence-electron chi connectivity index (χ3n) is 2.82. The molecule has 0 fully saturated rings. The number of amides is 1. The number of aromatic carboxylic acids is 1. The zero-order chi connectivity index (χ0) is 15.4. The van der Waals surface area contributed by atoms with Crippen molar-refractivity contribution in [2.24, 2.45) is 0 Å². The molecule has 0 atom stereocenters. The quantitative estimate of drug-likeness (QED) is 0.727. The van der Waals surface area contributed by atoms with Crippen LogP contribution in [-0.4, -0.2) is 22.0 Å². The number of benzene rings is 1. The molecule has 6 nitrogen and oxygen atoms in total. The molecule has 2 aromatic rings. The van der Waals surface area contributed by atoms with Crippen LogP contribution >= 0.6 is 11.3 Å². The average Bonchev–Trinajstić information content (AvgIpc) is 2.81. The van der Waals surface area contributed by atoms with Gasteiger partial charge in [-0.2, -0.15) is 0 Å². The van der Waals surface area contributed by atoms with Gasteiger partial charge in [0, 0.05) is 5.69 Å². The van der Waals surface area contributed by atoms with Gasteiger partial charge >= 0.3 is 5.97 Å². The van der Waals surface area contributed by atoms with Crippen LogP contribution in [-0.2, 0) is 17.8 Å². The number of anilines is 1. The van der Waals surface area contributed by atoms with Crippen LogP contribution in [0.5, 0.6) is 0 Å². The van der Waals surface area contributed by atoms with E-state index in [4.69, 9.17) is 10.8 Å². The van der Waals surface area contributed by atoms with Crippen LogP contribution in [0.3, 0.4) is 0 Å². The first kappa shape index (κ1) is 15.0. The van der Waals surface area contributed by atoms with E-state index >= 15 is 0 Å². The molecule has 0 aliphatic heterocycles. The Bertz CT molecular complexity index is 665. The number of rotatable bonds is 5. The van der Waals surface area contributed by atoms with Gasteiger partial charge in [-0.1, -0.05) is 12.1 Å². The maximum absolute atomic E-state index is 11.8. The Kier molecular flexibility index (Phi) is 4.54. The van der Waals surface area contributed by atoms with Crippen LogP contribution in [0, 0.1) is 6.92 Å². The number of carbonyl (C=O) groups is 2. The van der Waals surface area contributed by atoms with E-state index in [0.717, 1.165) is 16.9 Å². The first-order valence-corrected chi connectivity index (χ1v) is 7.08. The summed E-state index contributed by atoms with van der Waals surface area (Å²) >= 11 is 1.08. The molecule has 1 aromatic heterocycles. The first-order valence-electron chi connectivity index (χ1n) is 6.26. The predicted molar refractivity (Wildman–Crippen MR) is 80.2 cm³/mol. The van der Waals surface area contributed by atoms with Crippen molar-refractivity contribution in [3.05, 3.63) is 45.4 Å². The molecule has 2 rings (SSSR count). The molecule has 1 heterocycles. The minimum Gasteiger partial charge on any atom is -0.477 e. The van der Waals surface area contributed by atoms with Crippen LogP contribution in [0.4, 0.5) is 5.69 Å². The molecule has 4 N–H and O–H groups in total. The number of thiazole rings is 1. The number of hydrogen-bond acceptors (Lipinski definition) is 5. The second-order valence-electron chi connectivity index (χ2n) is 4.52. The lowest BCUT2D eigenvalue weighted by Crippen LogP contribution is -2.24. The number of hydrogen-bond donors (Lipinski definition) is 3. The van der Waals surface area contributed by atoms with Crippen molar-refractivity contribution in [3.63, 3.8) is 0 Å². The molecule has 0 radical (unpaired) electrons. The first-order chi connectivity index (χ1) is 9.95. The SMILES string of the molecule is Cc1nc(CNC(=O)Cc2ccc(N)cc2)sc1C(=O)O. The molecule has 0 bridgehead atoms. The van der Waals surface area contributed by atoms with Crippen molar-refractivity contribution < 1.29 is 14.7 Å². The number of aromatic nitrogens is 1. The highest BCUT2D eigenvalue weighted by Gasteiger charge is 2.14. The summed E-state index contributed by atoms with van der Waals surface area (Å²) in [6, 6.07) is 7.08. The number of carboxylic acids is 1. The molecule has 0 spiro atoms. The van der Waals surface area contributed by atoms with Crippen LogP contribution in [0.2, 0.25) is 0 Å². The Hall–Kier alpha value is -2.41. The van der Waals surface area contributed by atoms with E-state index in [0.29, 0.717) is 16.4 Å². The summed E-state index contributed by atoms with van der Waals surface area (Å²) in [6.45, 7) is 1.87. The van der Waals surface area contributed by atoms with Gasteiger partial charge in [0.1, 0.15) is 9.88 Å². The summed E-state index contributed by atoms with van der Waals surface area (Å²) in [7, 11) is 0. The van der Waals surface area contributed by atoms with Crippen LogP contribution < -0.4 is 11.1 Å². The Labute approximate surface area is 125 Å². The van der Waals surface area contributed by atoms with Gasteiger partial charge in [0.25, 0.3) is 0 Å².